The summed E-state index contributed by atoms with van der Waals surface area (Å²) in [5.41, 5.74) is 1.58. The number of anilines is 1. The Labute approximate surface area is 186 Å². The van der Waals surface area contributed by atoms with Crippen LogP contribution < -0.4 is 15.0 Å². The van der Waals surface area contributed by atoms with Gasteiger partial charge in [0.1, 0.15) is 17.6 Å². The number of aryl methyl sites for hydroxylation is 2. The number of pyridine rings is 1. The van der Waals surface area contributed by atoms with Crippen molar-refractivity contribution >= 4 is 15.8 Å². The molecule has 3 aromatic rings. The second-order valence-corrected chi connectivity index (χ2v) is 9.08. The Morgan fingerprint density at radius 2 is 1.97 bits per heavy atom. The SMILES string of the molecule is CCCCS(=O)(=O)Nc1cc(-c2cc(C)c(=O)n(C)c2)nc(Oc2ccccc2C#N)n1. The molecule has 0 aliphatic heterocycles. The summed E-state index contributed by atoms with van der Waals surface area (Å²) in [6.07, 6.45) is 2.83. The second kappa shape index (κ2) is 9.62. The predicted octanol–water partition coefficient (Wildman–Crippen LogP) is 3.36. The highest BCUT2D eigenvalue weighted by molar-refractivity contribution is 7.92. The molecule has 1 aromatic carbocycles. The van der Waals surface area contributed by atoms with Gasteiger partial charge in [0.15, 0.2) is 0 Å². The highest BCUT2D eigenvalue weighted by Gasteiger charge is 2.16. The van der Waals surface area contributed by atoms with Crippen LogP contribution in [0.3, 0.4) is 0 Å². The number of para-hydroxylation sites is 1. The molecule has 9 nitrogen and oxygen atoms in total. The Kier molecular flexibility index (Phi) is 6.90. The lowest BCUT2D eigenvalue weighted by molar-refractivity contribution is 0.442. The molecule has 3 rings (SSSR count). The third-order valence-corrected chi connectivity index (χ3v) is 5.95. The quantitative estimate of drug-likeness (QED) is 0.554. The summed E-state index contributed by atoms with van der Waals surface area (Å²) in [4.78, 5) is 20.6. The first-order valence-corrected chi connectivity index (χ1v) is 11.6. The summed E-state index contributed by atoms with van der Waals surface area (Å²) < 4.78 is 34.5. The molecule has 0 amide bonds. The number of benzene rings is 1. The highest BCUT2D eigenvalue weighted by atomic mass is 32.2. The summed E-state index contributed by atoms with van der Waals surface area (Å²) >= 11 is 0. The van der Waals surface area contributed by atoms with E-state index in [0.717, 1.165) is 6.42 Å². The minimum Gasteiger partial charge on any atom is -0.423 e. The van der Waals surface area contributed by atoms with Crippen LogP contribution in [0.15, 0.2) is 47.4 Å². The average Bonchev–Trinajstić information content (AvgIpc) is 2.75. The number of hydrogen-bond donors (Lipinski definition) is 1. The number of rotatable bonds is 8. The lowest BCUT2D eigenvalue weighted by Gasteiger charge is -2.12. The van der Waals surface area contributed by atoms with Crippen LogP contribution in [0.1, 0.15) is 30.9 Å². The van der Waals surface area contributed by atoms with Crippen LogP contribution in [0.4, 0.5) is 5.82 Å². The van der Waals surface area contributed by atoms with Crippen LogP contribution >= 0.6 is 0 Å². The molecule has 0 fully saturated rings. The van der Waals surface area contributed by atoms with E-state index in [2.05, 4.69) is 14.7 Å². The molecule has 32 heavy (non-hydrogen) atoms. The highest BCUT2D eigenvalue weighted by Crippen LogP contribution is 2.27. The number of nitriles is 1. The molecule has 0 saturated heterocycles. The Balaban J connectivity index is 2.09. The number of ether oxygens (including phenoxy) is 1. The molecule has 0 atom stereocenters. The van der Waals surface area contributed by atoms with Crippen molar-refractivity contribution in [3.63, 3.8) is 0 Å². The molecule has 2 heterocycles. The fourth-order valence-corrected chi connectivity index (χ4v) is 4.17. The van der Waals surface area contributed by atoms with Gasteiger partial charge in [0.2, 0.25) is 10.0 Å². The number of hydrogen-bond acceptors (Lipinski definition) is 7. The molecule has 0 spiro atoms. The van der Waals surface area contributed by atoms with Gasteiger partial charge < -0.3 is 9.30 Å². The van der Waals surface area contributed by atoms with E-state index < -0.39 is 10.0 Å². The van der Waals surface area contributed by atoms with Crippen molar-refractivity contribution < 1.29 is 13.2 Å². The van der Waals surface area contributed by atoms with E-state index in [9.17, 15) is 18.5 Å². The monoisotopic (exact) mass is 453 g/mol. The standard InChI is InChI=1S/C22H23N5O4S/c1-4-5-10-32(29,30)26-20-12-18(17-11-15(2)21(28)27(3)14-17)24-22(25-20)31-19-9-7-6-8-16(19)13-23/h6-9,11-12,14H,4-5,10H2,1-3H3,(H,24,25,26). The molecule has 0 unspecified atom stereocenters. The Morgan fingerprint density at radius 1 is 1.22 bits per heavy atom. The lowest BCUT2D eigenvalue weighted by Crippen LogP contribution is -2.19. The van der Waals surface area contributed by atoms with Crippen molar-refractivity contribution in [2.75, 3.05) is 10.5 Å². The van der Waals surface area contributed by atoms with Crippen LogP contribution in [0.25, 0.3) is 11.3 Å². The number of sulfonamides is 1. The topological polar surface area (TPSA) is 127 Å². The molecule has 1 N–H and O–H groups in total. The molecular formula is C22H23N5O4S. The minimum absolute atomic E-state index is 0.0297. The Bertz CT molecular complexity index is 1320. The number of nitrogens with zero attached hydrogens (tertiary/aromatic N) is 4. The summed E-state index contributed by atoms with van der Waals surface area (Å²) in [6, 6.07) is 11.6. The minimum atomic E-state index is -3.62. The van der Waals surface area contributed by atoms with Gasteiger partial charge in [-0.2, -0.15) is 15.2 Å². The largest absolute Gasteiger partial charge is 0.423 e. The fourth-order valence-electron chi connectivity index (χ4n) is 2.98. The van der Waals surface area contributed by atoms with Gasteiger partial charge in [-0.3, -0.25) is 9.52 Å². The smallest absolute Gasteiger partial charge is 0.324 e. The first-order chi connectivity index (χ1) is 15.2. The number of nitrogens with one attached hydrogen (secondary N) is 1. The van der Waals surface area contributed by atoms with Crippen molar-refractivity contribution in [3.05, 3.63) is 64.1 Å². The molecule has 2 aromatic heterocycles. The third kappa shape index (κ3) is 5.50. The van der Waals surface area contributed by atoms with E-state index in [4.69, 9.17) is 4.74 Å². The normalized spacial score (nSPS) is 11.1. The Morgan fingerprint density at radius 3 is 2.66 bits per heavy atom. The van der Waals surface area contributed by atoms with Crippen LogP contribution in [-0.4, -0.2) is 28.7 Å². The first-order valence-electron chi connectivity index (χ1n) is 9.96. The van der Waals surface area contributed by atoms with Crippen molar-refractivity contribution in [2.45, 2.75) is 26.7 Å². The van der Waals surface area contributed by atoms with Gasteiger partial charge in [-0.25, -0.2) is 8.42 Å². The molecular weight excluding hydrogens is 430 g/mol. The van der Waals surface area contributed by atoms with Crippen molar-refractivity contribution in [1.29, 1.82) is 5.26 Å². The van der Waals surface area contributed by atoms with Gasteiger partial charge in [-0.1, -0.05) is 25.5 Å². The zero-order valence-electron chi connectivity index (χ0n) is 18.0. The van der Waals surface area contributed by atoms with Gasteiger partial charge in [-0.15, -0.1) is 0 Å². The molecule has 0 radical (unpaired) electrons. The van der Waals surface area contributed by atoms with Crippen molar-refractivity contribution in [3.8, 4) is 29.1 Å². The van der Waals surface area contributed by atoms with Gasteiger partial charge in [0.05, 0.1) is 17.0 Å². The third-order valence-electron chi connectivity index (χ3n) is 4.60. The Hall–Kier alpha value is -3.71. The first kappa shape index (κ1) is 23.0. The maximum Gasteiger partial charge on any atom is 0.324 e. The van der Waals surface area contributed by atoms with E-state index in [1.54, 1.807) is 50.5 Å². The van der Waals surface area contributed by atoms with E-state index >= 15 is 0 Å². The van der Waals surface area contributed by atoms with E-state index in [-0.39, 0.29) is 34.5 Å². The lowest BCUT2D eigenvalue weighted by atomic mass is 10.1. The zero-order valence-corrected chi connectivity index (χ0v) is 18.8. The van der Waals surface area contributed by atoms with E-state index in [1.807, 2.05) is 13.0 Å². The summed E-state index contributed by atoms with van der Waals surface area (Å²) in [5.74, 6) is 0.223. The van der Waals surface area contributed by atoms with Gasteiger partial charge in [0.25, 0.3) is 5.56 Å². The van der Waals surface area contributed by atoms with Crippen molar-refractivity contribution in [1.82, 2.24) is 14.5 Å². The van der Waals surface area contributed by atoms with E-state index in [0.29, 0.717) is 23.2 Å². The van der Waals surface area contributed by atoms with E-state index in [1.165, 1.54) is 10.6 Å². The maximum atomic E-state index is 12.4. The molecule has 0 aliphatic carbocycles. The molecule has 0 aliphatic rings. The van der Waals surface area contributed by atoms with Gasteiger partial charge in [-0.05, 0) is 31.5 Å². The molecule has 10 heteroatoms. The van der Waals surface area contributed by atoms with Crippen LogP contribution in [-0.2, 0) is 17.1 Å². The predicted molar refractivity (Wildman–Crippen MR) is 121 cm³/mol. The van der Waals surface area contributed by atoms with Crippen LogP contribution in [0, 0.1) is 18.3 Å². The summed E-state index contributed by atoms with van der Waals surface area (Å²) in [7, 11) is -2.00. The molecule has 0 bridgehead atoms. The van der Waals surface area contributed by atoms with Gasteiger partial charge >= 0.3 is 6.01 Å². The number of aromatic nitrogens is 3. The molecule has 166 valence electrons. The van der Waals surface area contributed by atoms with Crippen LogP contribution in [0.5, 0.6) is 11.8 Å². The van der Waals surface area contributed by atoms with Crippen molar-refractivity contribution in [2.24, 2.45) is 7.05 Å². The van der Waals surface area contributed by atoms with Gasteiger partial charge in [0, 0.05) is 30.4 Å². The summed E-state index contributed by atoms with van der Waals surface area (Å²) in [6.45, 7) is 3.58. The fraction of sp³-hybridized carbons (Fsp3) is 0.273. The number of unbranched alkanes of at least 4 members (excludes halogenated alkanes) is 1. The second-order valence-electron chi connectivity index (χ2n) is 7.23. The summed E-state index contributed by atoms with van der Waals surface area (Å²) in [5, 5.41) is 9.31. The zero-order chi connectivity index (χ0) is 23.3. The molecule has 0 saturated carbocycles. The maximum absolute atomic E-state index is 12.4. The average molecular weight is 454 g/mol. The van der Waals surface area contributed by atoms with Crippen LogP contribution in [0.2, 0.25) is 0 Å².